The van der Waals surface area contributed by atoms with Gasteiger partial charge in [-0.25, -0.2) is 0 Å². The van der Waals surface area contributed by atoms with Crippen molar-refractivity contribution in [2.45, 2.75) is 42.8 Å². The van der Waals surface area contributed by atoms with Crippen LogP contribution in [0, 0.1) is 17.0 Å². The van der Waals surface area contributed by atoms with E-state index in [1.54, 1.807) is 24.3 Å². The molecule has 3 heterocycles. The molecule has 0 aromatic heterocycles. The van der Waals surface area contributed by atoms with Gasteiger partial charge < -0.3 is 10.4 Å². The maximum absolute atomic E-state index is 13.5. The third-order valence-electron chi connectivity index (χ3n) is 7.15. The van der Waals surface area contributed by atoms with Crippen molar-refractivity contribution in [3.63, 3.8) is 0 Å². The van der Waals surface area contributed by atoms with E-state index in [1.165, 1.54) is 0 Å². The minimum atomic E-state index is -1.87. The number of aliphatic hydroxyl groups excluding tert-OH is 1. The van der Waals surface area contributed by atoms with Crippen LogP contribution in [-0.2, 0) is 10.3 Å². The summed E-state index contributed by atoms with van der Waals surface area (Å²) >= 11 is 0. The van der Waals surface area contributed by atoms with Gasteiger partial charge in [-0.05, 0) is 31.4 Å². The van der Waals surface area contributed by atoms with Gasteiger partial charge in [0, 0.05) is 28.8 Å². The maximum atomic E-state index is 13.5. The molecule has 7 nitrogen and oxygen atoms in total. The van der Waals surface area contributed by atoms with Gasteiger partial charge in [-0.15, -0.1) is 0 Å². The van der Waals surface area contributed by atoms with Gasteiger partial charge in [0.2, 0.25) is 5.54 Å². The molecule has 4 atom stereocenters. The molecule has 2 aromatic carbocycles. The predicted octanol–water partition coefficient (Wildman–Crippen LogP) is 2.41. The number of nitrogens with zero attached hydrogens (tertiary/aromatic N) is 2. The third kappa shape index (κ3) is 2.01. The van der Waals surface area contributed by atoms with Crippen LogP contribution in [0.15, 0.2) is 48.5 Å². The van der Waals surface area contributed by atoms with Gasteiger partial charge in [0.1, 0.15) is 6.61 Å². The first-order chi connectivity index (χ1) is 14.0. The minimum Gasteiger partial charge on any atom is -0.389 e. The molecule has 0 saturated carbocycles. The van der Waals surface area contributed by atoms with Gasteiger partial charge in [0.05, 0.1) is 5.92 Å². The van der Waals surface area contributed by atoms with Crippen molar-refractivity contribution in [3.05, 3.63) is 75.3 Å². The summed E-state index contributed by atoms with van der Waals surface area (Å²) in [6.07, 6.45) is 1.62. The van der Waals surface area contributed by atoms with Crippen LogP contribution in [0.5, 0.6) is 0 Å². The summed E-state index contributed by atoms with van der Waals surface area (Å²) in [4.78, 5) is 27.9. The zero-order valence-corrected chi connectivity index (χ0v) is 16.2. The number of anilines is 1. The van der Waals surface area contributed by atoms with Crippen LogP contribution < -0.4 is 5.32 Å². The Hall–Kier alpha value is -2.77. The predicted molar refractivity (Wildman–Crippen MR) is 107 cm³/mol. The molecule has 3 aliphatic rings. The van der Waals surface area contributed by atoms with E-state index in [-0.39, 0.29) is 6.04 Å². The van der Waals surface area contributed by atoms with E-state index in [1.807, 2.05) is 36.1 Å². The Morgan fingerprint density at radius 3 is 2.66 bits per heavy atom. The number of rotatable bonds is 3. The molecular formula is C22H23N3O4. The normalized spacial score (nSPS) is 33.0. The number of hydrogen-bond acceptors (Lipinski definition) is 5. The fourth-order valence-corrected chi connectivity index (χ4v) is 6.09. The molecule has 1 amide bonds. The molecule has 1 spiro atoms. The number of benzene rings is 2. The van der Waals surface area contributed by atoms with Crippen LogP contribution in [0.25, 0.3) is 0 Å². The van der Waals surface area contributed by atoms with Crippen molar-refractivity contribution in [2.75, 3.05) is 18.5 Å². The number of para-hydroxylation sites is 1. The molecule has 5 rings (SSSR count). The number of carbonyl (C=O) groups is 1. The Morgan fingerprint density at radius 1 is 1.24 bits per heavy atom. The van der Waals surface area contributed by atoms with E-state index in [4.69, 9.17) is 0 Å². The fourth-order valence-electron chi connectivity index (χ4n) is 6.09. The summed E-state index contributed by atoms with van der Waals surface area (Å²) in [6, 6.07) is 14.7. The first kappa shape index (κ1) is 18.3. The van der Waals surface area contributed by atoms with Crippen LogP contribution >= 0.6 is 0 Å². The number of nitro groups is 1. The average molecular weight is 393 g/mol. The van der Waals surface area contributed by atoms with Crippen LogP contribution in [0.1, 0.15) is 35.4 Å². The van der Waals surface area contributed by atoms with Crippen molar-refractivity contribution >= 4 is 11.6 Å². The summed E-state index contributed by atoms with van der Waals surface area (Å²) in [5, 5.41) is 26.3. The fraction of sp³-hybridized carbons (Fsp3) is 0.409. The topological polar surface area (TPSA) is 95.7 Å². The zero-order valence-electron chi connectivity index (χ0n) is 16.2. The highest BCUT2D eigenvalue weighted by Crippen LogP contribution is 2.63. The molecule has 2 N–H and O–H groups in total. The molecule has 0 aliphatic carbocycles. The van der Waals surface area contributed by atoms with Crippen molar-refractivity contribution in [2.24, 2.45) is 0 Å². The highest BCUT2D eigenvalue weighted by atomic mass is 16.6. The van der Waals surface area contributed by atoms with E-state index in [9.17, 15) is 20.0 Å². The molecule has 0 radical (unpaired) electrons. The summed E-state index contributed by atoms with van der Waals surface area (Å²) < 4.78 is 0. The number of fused-ring (bicyclic) bond motifs is 4. The Bertz CT molecular complexity index is 1010. The number of nitrogens with one attached hydrogen (secondary N) is 1. The van der Waals surface area contributed by atoms with E-state index >= 15 is 0 Å². The van der Waals surface area contributed by atoms with E-state index < -0.39 is 34.4 Å². The van der Waals surface area contributed by atoms with Crippen LogP contribution in [0.4, 0.5) is 5.69 Å². The molecular weight excluding hydrogens is 370 g/mol. The second-order valence-corrected chi connectivity index (χ2v) is 8.34. The van der Waals surface area contributed by atoms with Gasteiger partial charge in [-0.2, -0.15) is 0 Å². The molecule has 2 fully saturated rings. The Morgan fingerprint density at radius 2 is 1.97 bits per heavy atom. The molecule has 0 unspecified atom stereocenters. The van der Waals surface area contributed by atoms with Crippen molar-refractivity contribution in [3.8, 4) is 0 Å². The molecule has 150 valence electrons. The Labute approximate surface area is 168 Å². The standard InChI is InChI=1S/C22H23N3O4/c1-14-8-10-15(11-9-14)19-18-7-4-12-24(18)22(21(19,13-26)25(28)29)16-5-2-3-6-17(16)23-20(22)27/h2-3,5-6,8-11,18-19,26H,4,7,12-13H2,1H3,(H,23,27)/t18-,19-,21+,22-/m1/s1. The average Bonchev–Trinajstić information content (AvgIpc) is 3.35. The highest BCUT2D eigenvalue weighted by Gasteiger charge is 2.82. The van der Waals surface area contributed by atoms with Crippen LogP contribution in [0.3, 0.4) is 0 Å². The second-order valence-electron chi connectivity index (χ2n) is 8.34. The molecule has 29 heavy (non-hydrogen) atoms. The zero-order chi connectivity index (χ0) is 20.4. The molecule has 7 heteroatoms. The molecule has 2 aromatic rings. The molecule has 2 saturated heterocycles. The lowest BCUT2D eigenvalue weighted by atomic mass is 9.66. The van der Waals surface area contributed by atoms with Gasteiger partial charge in [-0.1, -0.05) is 48.0 Å². The second kappa shape index (κ2) is 6.11. The SMILES string of the molecule is Cc1ccc([C@@H]2[C@H]3CCCN3[C@]3(C(=O)Nc4ccccc43)[C@@]2(CO)[N+](=O)[O-])cc1. The van der Waals surface area contributed by atoms with Crippen molar-refractivity contribution in [1.29, 1.82) is 0 Å². The minimum absolute atomic E-state index is 0.188. The first-order valence-corrected chi connectivity index (χ1v) is 9.98. The quantitative estimate of drug-likeness (QED) is 0.617. The lowest BCUT2D eigenvalue weighted by molar-refractivity contribution is -0.587. The van der Waals surface area contributed by atoms with E-state index in [0.29, 0.717) is 17.8 Å². The number of aryl methyl sites for hydroxylation is 1. The van der Waals surface area contributed by atoms with Crippen molar-refractivity contribution in [1.82, 2.24) is 4.90 Å². The smallest absolute Gasteiger partial charge is 0.284 e. The van der Waals surface area contributed by atoms with Gasteiger partial charge >= 0.3 is 0 Å². The molecule has 3 aliphatic heterocycles. The number of aliphatic hydroxyl groups is 1. The Balaban J connectivity index is 1.85. The van der Waals surface area contributed by atoms with Gasteiger partial charge in [-0.3, -0.25) is 19.8 Å². The van der Waals surface area contributed by atoms with Gasteiger partial charge in [0.15, 0.2) is 0 Å². The molecule has 0 bridgehead atoms. The monoisotopic (exact) mass is 393 g/mol. The van der Waals surface area contributed by atoms with Crippen LogP contribution in [0.2, 0.25) is 0 Å². The summed E-state index contributed by atoms with van der Waals surface area (Å²) in [5.74, 6) is -1.01. The lowest BCUT2D eigenvalue weighted by Gasteiger charge is -2.39. The number of amides is 1. The largest absolute Gasteiger partial charge is 0.389 e. The summed E-state index contributed by atoms with van der Waals surface area (Å²) in [5.41, 5.74) is -0.357. The highest BCUT2D eigenvalue weighted by molar-refractivity contribution is 6.07. The maximum Gasteiger partial charge on any atom is 0.284 e. The van der Waals surface area contributed by atoms with E-state index in [0.717, 1.165) is 24.0 Å². The summed E-state index contributed by atoms with van der Waals surface area (Å²) in [7, 11) is 0. The van der Waals surface area contributed by atoms with E-state index in [2.05, 4.69) is 5.32 Å². The summed E-state index contributed by atoms with van der Waals surface area (Å²) in [6.45, 7) is 1.84. The van der Waals surface area contributed by atoms with Gasteiger partial charge in [0.25, 0.3) is 11.4 Å². The number of hydrogen-bond donors (Lipinski definition) is 2. The van der Waals surface area contributed by atoms with Crippen molar-refractivity contribution < 1.29 is 14.8 Å². The Kier molecular flexibility index (Phi) is 3.85. The van der Waals surface area contributed by atoms with Crippen LogP contribution in [-0.4, -0.2) is 45.6 Å². The third-order valence-corrected chi connectivity index (χ3v) is 7.15. The first-order valence-electron chi connectivity index (χ1n) is 9.98. The lowest BCUT2D eigenvalue weighted by Crippen LogP contribution is -2.66. The number of carbonyl (C=O) groups excluding carboxylic acids is 1.